The summed E-state index contributed by atoms with van der Waals surface area (Å²) < 4.78 is 0. The van der Waals surface area contributed by atoms with E-state index in [2.05, 4.69) is 69.2 Å². The maximum atomic E-state index is 10.8. The van der Waals surface area contributed by atoms with E-state index in [0.717, 1.165) is 12.8 Å². The van der Waals surface area contributed by atoms with Crippen LogP contribution in [0.25, 0.3) is 0 Å². The molecule has 0 aromatic rings. The van der Waals surface area contributed by atoms with Crippen molar-refractivity contribution in [2.45, 2.75) is 94.6 Å². The van der Waals surface area contributed by atoms with E-state index < -0.39 is 0 Å². The standard InChI is InChI=1S/C19H40O/c1-11-14(18(5,6)7)12-15(19(8,9)10)16(20)13-17(2,3)4/h14-16,20H,11-13H2,1-10H3. The Balaban J connectivity index is 5.09. The average molecular weight is 285 g/mol. The van der Waals surface area contributed by atoms with Gasteiger partial charge >= 0.3 is 0 Å². The highest BCUT2D eigenvalue weighted by atomic mass is 16.3. The molecule has 0 aliphatic carbocycles. The molecule has 0 aliphatic rings. The molecular formula is C19H40O. The van der Waals surface area contributed by atoms with Crippen molar-refractivity contribution in [1.82, 2.24) is 0 Å². The average Bonchev–Trinajstić information content (AvgIpc) is 2.10. The van der Waals surface area contributed by atoms with Gasteiger partial charge in [-0.15, -0.1) is 0 Å². The van der Waals surface area contributed by atoms with E-state index >= 15 is 0 Å². The number of aliphatic hydroxyl groups is 1. The van der Waals surface area contributed by atoms with E-state index in [-0.39, 0.29) is 16.9 Å². The summed E-state index contributed by atoms with van der Waals surface area (Å²) in [5, 5.41) is 10.8. The molecule has 0 spiro atoms. The van der Waals surface area contributed by atoms with Crippen LogP contribution >= 0.6 is 0 Å². The van der Waals surface area contributed by atoms with Crippen molar-refractivity contribution in [3.8, 4) is 0 Å². The van der Waals surface area contributed by atoms with Crippen molar-refractivity contribution < 1.29 is 5.11 Å². The largest absolute Gasteiger partial charge is 0.393 e. The topological polar surface area (TPSA) is 20.2 Å². The number of rotatable bonds is 5. The molecule has 0 amide bonds. The first-order chi connectivity index (χ1) is 8.68. The van der Waals surface area contributed by atoms with Gasteiger partial charge in [-0.3, -0.25) is 0 Å². The smallest absolute Gasteiger partial charge is 0.0578 e. The number of aliphatic hydroxyl groups excluding tert-OH is 1. The quantitative estimate of drug-likeness (QED) is 0.665. The first-order valence-electron chi connectivity index (χ1n) is 8.36. The van der Waals surface area contributed by atoms with Crippen LogP contribution in [0.2, 0.25) is 0 Å². The van der Waals surface area contributed by atoms with Crippen LogP contribution in [0.15, 0.2) is 0 Å². The van der Waals surface area contributed by atoms with E-state index in [1.807, 2.05) is 0 Å². The van der Waals surface area contributed by atoms with Crippen LogP contribution in [0.5, 0.6) is 0 Å². The summed E-state index contributed by atoms with van der Waals surface area (Å²) in [5.41, 5.74) is 0.662. The van der Waals surface area contributed by atoms with Crippen molar-refractivity contribution >= 4 is 0 Å². The third-order valence-corrected chi connectivity index (χ3v) is 4.65. The minimum Gasteiger partial charge on any atom is -0.393 e. The first kappa shape index (κ1) is 20.0. The van der Waals surface area contributed by atoms with Crippen LogP contribution in [0.3, 0.4) is 0 Å². The molecule has 0 aromatic heterocycles. The molecule has 0 radical (unpaired) electrons. The Morgan fingerprint density at radius 2 is 1.25 bits per heavy atom. The highest BCUT2D eigenvalue weighted by Crippen LogP contribution is 2.42. The lowest BCUT2D eigenvalue weighted by atomic mass is 9.65. The van der Waals surface area contributed by atoms with Crippen LogP contribution in [-0.2, 0) is 0 Å². The van der Waals surface area contributed by atoms with Crippen LogP contribution in [0.1, 0.15) is 88.5 Å². The summed E-state index contributed by atoms with van der Waals surface area (Å²) in [6.45, 7) is 22.8. The summed E-state index contributed by atoms with van der Waals surface area (Å²) in [4.78, 5) is 0. The number of hydrogen-bond donors (Lipinski definition) is 1. The molecule has 1 heteroatoms. The van der Waals surface area contributed by atoms with Gasteiger partial charge in [0.05, 0.1) is 6.10 Å². The molecule has 122 valence electrons. The zero-order chi connectivity index (χ0) is 16.4. The molecule has 0 bridgehead atoms. The van der Waals surface area contributed by atoms with Crippen LogP contribution in [0, 0.1) is 28.1 Å². The Labute approximate surface area is 128 Å². The first-order valence-corrected chi connectivity index (χ1v) is 8.36. The molecule has 1 nitrogen and oxygen atoms in total. The monoisotopic (exact) mass is 284 g/mol. The third kappa shape index (κ3) is 7.11. The summed E-state index contributed by atoms with van der Waals surface area (Å²) in [6, 6.07) is 0. The van der Waals surface area contributed by atoms with Gasteiger partial charge in [-0.2, -0.15) is 0 Å². The Morgan fingerprint density at radius 3 is 1.50 bits per heavy atom. The maximum absolute atomic E-state index is 10.8. The van der Waals surface area contributed by atoms with Crippen molar-refractivity contribution in [2.24, 2.45) is 28.1 Å². The summed E-state index contributed by atoms with van der Waals surface area (Å²) in [7, 11) is 0. The molecule has 0 aromatic carbocycles. The van der Waals surface area contributed by atoms with Gasteiger partial charge in [0.15, 0.2) is 0 Å². The zero-order valence-electron chi connectivity index (χ0n) is 15.8. The Bertz CT molecular complexity index is 272. The van der Waals surface area contributed by atoms with E-state index in [1.165, 1.54) is 6.42 Å². The fraction of sp³-hybridized carbons (Fsp3) is 1.00. The second-order valence-corrected chi connectivity index (χ2v) is 10.0. The zero-order valence-corrected chi connectivity index (χ0v) is 15.8. The van der Waals surface area contributed by atoms with Crippen molar-refractivity contribution in [1.29, 1.82) is 0 Å². The molecule has 0 saturated heterocycles. The molecule has 0 rings (SSSR count). The fourth-order valence-electron chi connectivity index (χ4n) is 3.30. The van der Waals surface area contributed by atoms with Gasteiger partial charge in [0.2, 0.25) is 0 Å². The fourth-order valence-corrected chi connectivity index (χ4v) is 3.30. The lowest BCUT2D eigenvalue weighted by Crippen LogP contribution is -2.38. The lowest BCUT2D eigenvalue weighted by molar-refractivity contribution is -0.00907. The normalized spacial score (nSPS) is 18.8. The molecular weight excluding hydrogens is 244 g/mol. The predicted octanol–water partition coefficient (Wildman–Crippen LogP) is 5.91. The second kappa shape index (κ2) is 6.81. The lowest BCUT2D eigenvalue weighted by Gasteiger charge is -2.42. The molecule has 0 heterocycles. The van der Waals surface area contributed by atoms with Crippen LogP contribution in [0.4, 0.5) is 0 Å². The van der Waals surface area contributed by atoms with Gasteiger partial charge in [0, 0.05) is 0 Å². The minimum atomic E-state index is -0.202. The Morgan fingerprint density at radius 1 is 0.800 bits per heavy atom. The van der Waals surface area contributed by atoms with Crippen LogP contribution < -0.4 is 0 Å². The van der Waals surface area contributed by atoms with Crippen molar-refractivity contribution in [3.63, 3.8) is 0 Å². The second-order valence-electron chi connectivity index (χ2n) is 10.0. The van der Waals surface area contributed by atoms with E-state index in [0.29, 0.717) is 17.3 Å². The van der Waals surface area contributed by atoms with Crippen molar-refractivity contribution in [2.75, 3.05) is 0 Å². The SMILES string of the molecule is CCC(CC(C(O)CC(C)(C)C)C(C)(C)C)C(C)(C)C. The van der Waals surface area contributed by atoms with Crippen molar-refractivity contribution in [3.05, 3.63) is 0 Å². The molecule has 3 unspecified atom stereocenters. The van der Waals surface area contributed by atoms with Gasteiger partial charge < -0.3 is 5.11 Å². The highest BCUT2D eigenvalue weighted by Gasteiger charge is 2.37. The molecule has 3 atom stereocenters. The van der Waals surface area contributed by atoms with Gasteiger partial charge in [-0.25, -0.2) is 0 Å². The van der Waals surface area contributed by atoms with E-state index in [1.54, 1.807) is 0 Å². The molecule has 0 fully saturated rings. The highest BCUT2D eigenvalue weighted by molar-refractivity contribution is 4.87. The van der Waals surface area contributed by atoms with Gasteiger partial charge in [0.25, 0.3) is 0 Å². The Kier molecular flexibility index (Phi) is 6.80. The maximum Gasteiger partial charge on any atom is 0.0578 e. The van der Waals surface area contributed by atoms with E-state index in [9.17, 15) is 5.11 Å². The van der Waals surface area contributed by atoms with E-state index in [4.69, 9.17) is 0 Å². The third-order valence-electron chi connectivity index (χ3n) is 4.65. The molecule has 0 aliphatic heterocycles. The minimum absolute atomic E-state index is 0.156. The predicted molar refractivity (Wildman–Crippen MR) is 90.9 cm³/mol. The summed E-state index contributed by atoms with van der Waals surface area (Å²) in [6.07, 6.45) is 3.00. The summed E-state index contributed by atoms with van der Waals surface area (Å²) >= 11 is 0. The summed E-state index contributed by atoms with van der Waals surface area (Å²) in [5.74, 6) is 1.03. The van der Waals surface area contributed by atoms with Gasteiger partial charge in [-0.05, 0) is 40.9 Å². The van der Waals surface area contributed by atoms with Gasteiger partial charge in [-0.1, -0.05) is 75.7 Å². The Hall–Kier alpha value is -0.0400. The number of hydrogen-bond acceptors (Lipinski definition) is 1. The molecule has 20 heavy (non-hydrogen) atoms. The molecule has 1 N–H and O–H groups in total. The van der Waals surface area contributed by atoms with Gasteiger partial charge in [0.1, 0.15) is 0 Å². The van der Waals surface area contributed by atoms with Crippen LogP contribution in [-0.4, -0.2) is 11.2 Å². The molecule has 0 saturated carbocycles.